The van der Waals surface area contributed by atoms with Gasteiger partial charge in [0.15, 0.2) is 0 Å². The monoisotopic (exact) mass is 231 g/mol. The van der Waals surface area contributed by atoms with Gasteiger partial charge in [0, 0.05) is 11.9 Å². The van der Waals surface area contributed by atoms with Gasteiger partial charge in [-0.2, -0.15) is 5.10 Å². The molecule has 0 spiro atoms. The number of hydrogen-bond acceptors (Lipinski definition) is 3. The predicted octanol–water partition coefficient (Wildman–Crippen LogP) is 1.97. The van der Waals surface area contributed by atoms with E-state index in [0.29, 0.717) is 6.04 Å². The molecule has 2 aromatic rings. The summed E-state index contributed by atoms with van der Waals surface area (Å²) in [7, 11) is 1.71. The first-order chi connectivity index (χ1) is 8.40. The van der Waals surface area contributed by atoms with Crippen LogP contribution in [0.25, 0.3) is 10.9 Å². The molecule has 1 aromatic carbocycles. The second-order valence-corrected chi connectivity index (χ2v) is 4.49. The number of rotatable bonds is 2. The van der Waals surface area contributed by atoms with Gasteiger partial charge in [-0.25, -0.2) is 0 Å². The van der Waals surface area contributed by atoms with Gasteiger partial charge >= 0.3 is 0 Å². The normalized spacial score (nSPS) is 20.6. The van der Waals surface area contributed by atoms with Crippen molar-refractivity contribution in [1.29, 1.82) is 0 Å². The van der Waals surface area contributed by atoms with Crippen LogP contribution in [-0.4, -0.2) is 30.0 Å². The average molecular weight is 231 g/mol. The number of nitrogens with zero attached hydrogens (tertiary/aromatic N) is 2. The summed E-state index contributed by atoms with van der Waals surface area (Å²) in [6.45, 7) is 2.11. The van der Waals surface area contributed by atoms with Crippen molar-refractivity contribution in [2.75, 3.05) is 20.2 Å². The van der Waals surface area contributed by atoms with Gasteiger partial charge in [0.1, 0.15) is 11.3 Å². The summed E-state index contributed by atoms with van der Waals surface area (Å²) in [4.78, 5) is 0. The number of para-hydroxylation sites is 1. The Morgan fingerprint density at radius 1 is 1.47 bits per heavy atom. The van der Waals surface area contributed by atoms with Crippen molar-refractivity contribution < 1.29 is 4.74 Å². The maximum absolute atomic E-state index is 5.44. The Morgan fingerprint density at radius 2 is 2.41 bits per heavy atom. The molecule has 1 N–H and O–H groups in total. The number of benzene rings is 1. The maximum Gasteiger partial charge on any atom is 0.144 e. The van der Waals surface area contributed by atoms with E-state index in [-0.39, 0.29) is 0 Å². The van der Waals surface area contributed by atoms with Crippen LogP contribution in [0.5, 0.6) is 5.75 Å². The fraction of sp³-hybridized carbons (Fsp3) is 0.462. The highest BCUT2D eigenvalue weighted by Crippen LogP contribution is 2.29. The van der Waals surface area contributed by atoms with E-state index in [2.05, 4.69) is 21.2 Å². The molecule has 4 nitrogen and oxygen atoms in total. The summed E-state index contributed by atoms with van der Waals surface area (Å²) in [5.74, 6) is 0.908. The SMILES string of the molecule is COc1cccc2cnn(C3CCCNC3)c12. The Morgan fingerprint density at radius 3 is 3.18 bits per heavy atom. The van der Waals surface area contributed by atoms with Gasteiger partial charge in [-0.15, -0.1) is 0 Å². The Balaban J connectivity index is 2.09. The zero-order chi connectivity index (χ0) is 11.7. The van der Waals surface area contributed by atoms with Crippen molar-refractivity contribution in [3.05, 3.63) is 24.4 Å². The highest BCUT2D eigenvalue weighted by molar-refractivity contribution is 5.84. The third-order valence-corrected chi connectivity index (χ3v) is 3.42. The van der Waals surface area contributed by atoms with Gasteiger partial charge in [0.25, 0.3) is 0 Å². The minimum atomic E-state index is 0.442. The van der Waals surface area contributed by atoms with Crippen LogP contribution < -0.4 is 10.1 Å². The molecule has 0 aliphatic carbocycles. The van der Waals surface area contributed by atoms with Crippen LogP contribution >= 0.6 is 0 Å². The molecule has 0 bridgehead atoms. The molecular weight excluding hydrogens is 214 g/mol. The van der Waals surface area contributed by atoms with Gasteiger partial charge in [-0.3, -0.25) is 4.68 Å². The van der Waals surface area contributed by atoms with Crippen LogP contribution in [0.2, 0.25) is 0 Å². The summed E-state index contributed by atoms with van der Waals surface area (Å²) in [6, 6.07) is 6.53. The Kier molecular flexibility index (Phi) is 2.73. The Hall–Kier alpha value is -1.55. The zero-order valence-corrected chi connectivity index (χ0v) is 10.0. The van der Waals surface area contributed by atoms with Crippen LogP contribution in [0.4, 0.5) is 0 Å². The molecule has 2 heterocycles. The quantitative estimate of drug-likeness (QED) is 0.859. The van der Waals surface area contributed by atoms with E-state index in [9.17, 15) is 0 Å². The van der Waals surface area contributed by atoms with E-state index >= 15 is 0 Å². The molecule has 1 aliphatic heterocycles. The molecule has 0 amide bonds. The van der Waals surface area contributed by atoms with E-state index in [1.54, 1.807) is 7.11 Å². The van der Waals surface area contributed by atoms with Crippen LogP contribution in [0, 0.1) is 0 Å². The lowest BCUT2D eigenvalue weighted by Gasteiger charge is -2.24. The molecule has 90 valence electrons. The fourth-order valence-electron chi connectivity index (χ4n) is 2.55. The average Bonchev–Trinajstić information content (AvgIpc) is 2.83. The summed E-state index contributed by atoms with van der Waals surface area (Å²) >= 11 is 0. The van der Waals surface area contributed by atoms with Gasteiger partial charge in [0.2, 0.25) is 0 Å². The van der Waals surface area contributed by atoms with Gasteiger partial charge in [-0.05, 0) is 25.5 Å². The maximum atomic E-state index is 5.44. The Labute approximate surface area is 101 Å². The molecule has 0 radical (unpaired) electrons. The molecule has 1 fully saturated rings. The topological polar surface area (TPSA) is 39.1 Å². The first-order valence-corrected chi connectivity index (χ1v) is 6.11. The van der Waals surface area contributed by atoms with E-state index in [4.69, 9.17) is 4.74 Å². The lowest BCUT2D eigenvalue weighted by atomic mass is 10.1. The van der Waals surface area contributed by atoms with Crippen molar-refractivity contribution in [2.45, 2.75) is 18.9 Å². The van der Waals surface area contributed by atoms with Crippen molar-refractivity contribution in [3.63, 3.8) is 0 Å². The van der Waals surface area contributed by atoms with Crippen molar-refractivity contribution in [3.8, 4) is 5.75 Å². The van der Waals surface area contributed by atoms with E-state index in [1.165, 1.54) is 12.8 Å². The van der Waals surface area contributed by atoms with Gasteiger partial charge in [0.05, 0.1) is 19.3 Å². The number of fused-ring (bicyclic) bond motifs is 1. The summed E-state index contributed by atoms with van der Waals surface area (Å²) in [5, 5.41) is 9.10. The molecule has 1 unspecified atom stereocenters. The summed E-state index contributed by atoms with van der Waals surface area (Å²) < 4.78 is 7.55. The third-order valence-electron chi connectivity index (χ3n) is 3.42. The first-order valence-electron chi connectivity index (χ1n) is 6.11. The predicted molar refractivity (Wildman–Crippen MR) is 67.4 cm³/mol. The highest BCUT2D eigenvalue weighted by Gasteiger charge is 2.19. The summed E-state index contributed by atoms with van der Waals surface area (Å²) in [6.07, 6.45) is 4.31. The lowest BCUT2D eigenvalue weighted by molar-refractivity contribution is 0.350. The number of aromatic nitrogens is 2. The lowest BCUT2D eigenvalue weighted by Crippen LogP contribution is -2.32. The van der Waals surface area contributed by atoms with E-state index in [0.717, 1.165) is 29.7 Å². The second kappa shape index (κ2) is 4.37. The molecule has 1 aromatic heterocycles. The number of hydrogen-bond donors (Lipinski definition) is 1. The van der Waals surface area contributed by atoms with E-state index in [1.807, 2.05) is 18.3 Å². The fourth-order valence-corrected chi connectivity index (χ4v) is 2.55. The minimum absolute atomic E-state index is 0.442. The number of methoxy groups -OCH3 is 1. The molecule has 1 atom stereocenters. The molecular formula is C13H17N3O. The van der Waals surface area contributed by atoms with Crippen LogP contribution in [0.3, 0.4) is 0 Å². The van der Waals surface area contributed by atoms with E-state index < -0.39 is 0 Å². The molecule has 4 heteroatoms. The van der Waals surface area contributed by atoms with Gasteiger partial charge in [-0.1, -0.05) is 12.1 Å². The van der Waals surface area contributed by atoms with Crippen molar-refractivity contribution in [2.24, 2.45) is 0 Å². The second-order valence-electron chi connectivity index (χ2n) is 4.49. The van der Waals surface area contributed by atoms with Crippen molar-refractivity contribution >= 4 is 10.9 Å². The van der Waals surface area contributed by atoms with Crippen LogP contribution in [0.1, 0.15) is 18.9 Å². The Bertz CT molecular complexity index is 514. The number of nitrogens with one attached hydrogen (secondary N) is 1. The number of ether oxygens (including phenoxy) is 1. The molecule has 0 saturated carbocycles. The number of piperidine rings is 1. The first kappa shape index (κ1) is 10.6. The molecule has 17 heavy (non-hydrogen) atoms. The van der Waals surface area contributed by atoms with Gasteiger partial charge < -0.3 is 10.1 Å². The van der Waals surface area contributed by atoms with Crippen LogP contribution in [0.15, 0.2) is 24.4 Å². The molecule has 1 aliphatic rings. The molecule has 3 rings (SSSR count). The largest absolute Gasteiger partial charge is 0.494 e. The zero-order valence-electron chi connectivity index (χ0n) is 10.0. The summed E-state index contributed by atoms with van der Waals surface area (Å²) in [5.41, 5.74) is 1.11. The minimum Gasteiger partial charge on any atom is -0.494 e. The molecule has 1 saturated heterocycles. The third kappa shape index (κ3) is 1.78. The smallest absolute Gasteiger partial charge is 0.144 e. The highest BCUT2D eigenvalue weighted by atomic mass is 16.5. The van der Waals surface area contributed by atoms with Crippen LogP contribution in [-0.2, 0) is 0 Å². The standard InChI is InChI=1S/C13H17N3O/c1-17-12-6-2-4-10-8-15-16(13(10)12)11-5-3-7-14-9-11/h2,4,6,8,11,14H,3,5,7,9H2,1H3. The van der Waals surface area contributed by atoms with Crippen molar-refractivity contribution in [1.82, 2.24) is 15.1 Å².